The lowest BCUT2D eigenvalue weighted by Gasteiger charge is -2.17. The summed E-state index contributed by atoms with van der Waals surface area (Å²) in [5, 5.41) is 0. The Bertz CT molecular complexity index is 1170. The lowest BCUT2D eigenvalue weighted by molar-refractivity contribution is 0.577. The highest BCUT2D eigenvalue weighted by atomic mass is 127. The first-order valence-electron chi connectivity index (χ1n) is 7.68. The predicted octanol–water partition coefficient (Wildman–Crippen LogP) is 5.53. The van der Waals surface area contributed by atoms with Crippen molar-refractivity contribution in [2.24, 2.45) is 0 Å². The van der Waals surface area contributed by atoms with E-state index < -0.39 is 35.4 Å². The monoisotopic (exact) mass is 906 g/mol. The van der Waals surface area contributed by atoms with Gasteiger partial charge in [0.15, 0.2) is 0 Å². The molecular formula is C16H14I4O6S3. The molecule has 13 heteroatoms. The summed E-state index contributed by atoms with van der Waals surface area (Å²) in [5.74, 6) is 0. The van der Waals surface area contributed by atoms with Gasteiger partial charge >= 0.3 is 7.90 Å². The number of rotatable bonds is 6. The van der Waals surface area contributed by atoms with Crippen LogP contribution in [0.4, 0.5) is 0 Å². The van der Waals surface area contributed by atoms with E-state index in [2.05, 4.69) is 0 Å². The van der Waals surface area contributed by atoms with Crippen LogP contribution in [0.25, 0.3) is 0 Å². The summed E-state index contributed by atoms with van der Waals surface area (Å²) in [4.78, 5) is -0.957. The molecule has 0 aliphatic rings. The van der Waals surface area contributed by atoms with E-state index in [-0.39, 0.29) is 26.1 Å². The van der Waals surface area contributed by atoms with E-state index in [1.54, 1.807) is 12.1 Å². The number of hydrogen-bond acceptors (Lipinski definition) is 6. The van der Waals surface area contributed by atoms with Crippen LogP contribution in [0.2, 0.25) is 0 Å². The van der Waals surface area contributed by atoms with Crippen molar-refractivity contribution in [3.63, 3.8) is 0 Å². The Labute approximate surface area is 224 Å². The molecule has 2 aromatic rings. The van der Waals surface area contributed by atoms with E-state index >= 15 is 0 Å². The molecule has 0 aromatic heterocycles. The van der Waals surface area contributed by atoms with Crippen LogP contribution in [-0.4, -0.2) is 25.3 Å². The van der Waals surface area contributed by atoms with Crippen LogP contribution < -0.4 is 0 Å². The van der Waals surface area contributed by atoms with Gasteiger partial charge in [0, 0.05) is 0 Å². The Hall–Kier alpha value is 1.21. The Morgan fingerprint density at radius 2 is 0.931 bits per heavy atom. The fourth-order valence-corrected chi connectivity index (χ4v) is 14.8. The van der Waals surface area contributed by atoms with Crippen molar-refractivity contribution in [3.05, 3.63) is 58.7 Å². The minimum atomic E-state index is -5.67. The normalized spacial score (nSPS) is 13.2. The molecule has 6 nitrogen and oxygen atoms in total. The quantitative estimate of drug-likeness (QED) is 0.215. The minimum absolute atomic E-state index is 0.172. The van der Waals surface area contributed by atoms with Crippen LogP contribution in [0.1, 0.15) is 26.1 Å². The van der Waals surface area contributed by atoms with Crippen molar-refractivity contribution >= 4 is 116 Å². The molecule has 0 heterocycles. The largest absolute Gasteiger partial charge is 0.366 e. The van der Waals surface area contributed by atoms with Gasteiger partial charge in [0.2, 0.25) is 0 Å². The number of halogens is 4. The lowest BCUT2D eigenvalue weighted by Crippen LogP contribution is -2.27. The third-order valence-electron chi connectivity index (χ3n) is 3.99. The third-order valence-corrected chi connectivity index (χ3v) is 17.3. The summed E-state index contributed by atoms with van der Waals surface area (Å²) >= 11 is 7.79. The van der Waals surface area contributed by atoms with E-state index in [1.165, 1.54) is 38.1 Å². The zero-order valence-electron chi connectivity index (χ0n) is 14.8. The summed E-state index contributed by atoms with van der Waals surface area (Å²) in [6, 6.07) is 9.06. The summed E-state index contributed by atoms with van der Waals surface area (Å²) in [6.45, 7) is 2.89. The molecule has 0 spiro atoms. The molecule has 0 aliphatic heterocycles. The molecule has 0 N–H and O–H groups in total. The second-order valence-corrected chi connectivity index (χ2v) is 25.0. The average molecular weight is 906 g/mol. The van der Waals surface area contributed by atoms with Gasteiger partial charge in [-0.05, 0) is 36.1 Å². The third kappa shape index (κ3) is 4.79. The van der Waals surface area contributed by atoms with Crippen molar-refractivity contribution in [1.29, 1.82) is 0 Å². The molecule has 0 unspecified atom stereocenters. The van der Waals surface area contributed by atoms with E-state index in [0.29, 0.717) is 0 Å². The molecule has 29 heavy (non-hydrogen) atoms. The average Bonchev–Trinajstić information content (AvgIpc) is 2.60. The molecule has 0 bridgehead atoms. The first kappa shape index (κ1) is 26.5. The zero-order valence-corrected chi connectivity index (χ0v) is 25.9. The van der Waals surface area contributed by atoms with E-state index in [9.17, 15) is 25.3 Å². The van der Waals surface area contributed by atoms with Crippen LogP contribution in [0.3, 0.4) is 0 Å². The molecule has 160 valence electrons. The smallest absolute Gasteiger partial charge is 0.206 e. The van der Waals surface area contributed by atoms with Gasteiger partial charge in [-0.15, -0.1) is 0 Å². The molecule has 0 saturated heterocycles. The summed E-state index contributed by atoms with van der Waals surface area (Å²) in [7, 11) is -16.2. The summed E-state index contributed by atoms with van der Waals surface area (Å²) < 4.78 is 78.5. The fourth-order valence-electron chi connectivity index (χ4n) is 2.70. The first-order chi connectivity index (χ1) is 13.2. The van der Waals surface area contributed by atoms with Gasteiger partial charge in [-0.25, -0.2) is 16.8 Å². The van der Waals surface area contributed by atoms with Crippen molar-refractivity contribution in [1.82, 2.24) is 0 Å². The lowest BCUT2D eigenvalue weighted by atomic mass is 10.2. The Morgan fingerprint density at radius 3 is 1.21 bits per heavy atom. The number of aryl methyl sites for hydroxylation is 2. The van der Waals surface area contributed by atoms with Crippen LogP contribution in [-0.2, 0) is 25.6 Å². The van der Waals surface area contributed by atoms with Crippen LogP contribution >= 0.6 is 90.4 Å². The molecule has 2 aromatic carbocycles. The van der Waals surface area contributed by atoms with Gasteiger partial charge in [-0.3, -0.25) is 0 Å². The highest BCUT2D eigenvalue weighted by Gasteiger charge is 2.48. The number of hydrogen-bond donors (Lipinski definition) is 0. The van der Waals surface area contributed by atoms with E-state index in [0.717, 1.165) is 0 Å². The maximum Gasteiger partial charge on any atom is 0.366 e. The summed E-state index contributed by atoms with van der Waals surface area (Å²) in [6.07, 6.45) is 0. The van der Waals surface area contributed by atoms with Crippen LogP contribution in [0.5, 0.6) is 0 Å². The standard InChI is InChI=1S/C16H14I4O6S3/c1-9-5-3-7-11(15(17)18)13(9)27(21,22)29(25,26)28(23,24)14-10(2)6-4-8-12(14)16(19)20/h3-8,15-16H,1-2H3. The van der Waals surface area contributed by atoms with Gasteiger partial charge in [0.1, 0.15) is 0 Å². The van der Waals surface area contributed by atoms with Crippen LogP contribution in [0, 0.1) is 13.8 Å². The Morgan fingerprint density at radius 1 is 0.621 bits per heavy atom. The van der Waals surface area contributed by atoms with Gasteiger partial charge in [-0.1, -0.05) is 127 Å². The molecule has 0 radical (unpaired) electrons. The molecule has 0 aliphatic carbocycles. The van der Waals surface area contributed by atoms with Gasteiger partial charge in [0.05, 0.1) is 13.7 Å². The number of alkyl halides is 4. The molecule has 0 amide bonds. The highest BCUT2D eigenvalue weighted by Crippen LogP contribution is 2.42. The predicted molar refractivity (Wildman–Crippen MR) is 147 cm³/mol. The van der Waals surface area contributed by atoms with E-state index in [4.69, 9.17) is 0 Å². The van der Waals surface area contributed by atoms with Gasteiger partial charge in [0.25, 0.3) is 17.7 Å². The first-order valence-corrected chi connectivity index (χ1v) is 18.1. The van der Waals surface area contributed by atoms with Crippen molar-refractivity contribution in [2.45, 2.75) is 27.5 Å². The second-order valence-electron chi connectivity index (χ2n) is 5.90. The summed E-state index contributed by atoms with van der Waals surface area (Å²) in [5.41, 5.74) is 0.807. The minimum Gasteiger partial charge on any atom is -0.206 e. The zero-order chi connectivity index (χ0) is 22.4. The highest BCUT2D eigenvalue weighted by molar-refractivity contribution is 14.2. The molecular weight excluding hydrogens is 892 g/mol. The Kier molecular flexibility index (Phi) is 8.76. The topological polar surface area (TPSA) is 102 Å². The second kappa shape index (κ2) is 9.60. The molecule has 0 saturated carbocycles. The number of benzene rings is 2. The van der Waals surface area contributed by atoms with Crippen molar-refractivity contribution in [2.75, 3.05) is 0 Å². The van der Waals surface area contributed by atoms with Crippen molar-refractivity contribution < 1.29 is 25.3 Å². The van der Waals surface area contributed by atoms with Gasteiger partial charge < -0.3 is 0 Å². The van der Waals surface area contributed by atoms with Crippen LogP contribution in [0.15, 0.2) is 46.2 Å². The molecule has 0 atom stereocenters. The van der Waals surface area contributed by atoms with Gasteiger partial charge in [-0.2, -0.15) is 8.42 Å². The fraction of sp³-hybridized carbons (Fsp3) is 0.250. The maximum absolute atomic E-state index is 13.2. The van der Waals surface area contributed by atoms with Crippen molar-refractivity contribution in [3.8, 4) is 0 Å². The maximum atomic E-state index is 13.2. The van der Waals surface area contributed by atoms with E-state index in [1.807, 2.05) is 90.4 Å². The molecule has 2 rings (SSSR count). The SMILES string of the molecule is Cc1cccc(C(I)I)c1S(=O)(=O)S(=O)(=O)S(=O)(=O)c1c(C)cccc1C(I)I. The Balaban J connectivity index is 2.91. The molecule has 0 fully saturated rings.